The number of hydrogen-bond donors (Lipinski definition) is 3. The second-order valence-corrected chi connectivity index (χ2v) is 12.4. The average Bonchev–Trinajstić information content (AvgIpc) is 3.08. The quantitative estimate of drug-likeness (QED) is 0.155. The molecule has 0 bridgehead atoms. The molecule has 5 aromatic carbocycles. The Morgan fingerprint density at radius 1 is 0.723 bits per heavy atom. The number of aliphatic carboxylic acids is 1. The van der Waals surface area contributed by atoms with Gasteiger partial charge in [-0.05, 0) is 75.2 Å². The molecular weight excluding hydrogens is 586 g/mol. The van der Waals surface area contributed by atoms with Gasteiger partial charge in [0, 0.05) is 12.0 Å². The Labute approximate surface area is 274 Å². The van der Waals surface area contributed by atoms with Crippen LogP contribution in [0.15, 0.2) is 121 Å². The molecule has 3 N–H and O–H groups in total. The van der Waals surface area contributed by atoms with Crippen molar-refractivity contribution in [1.82, 2.24) is 5.32 Å². The van der Waals surface area contributed by atoms with Crippen LogP contribution in [0.25, 0.3) is 22.3 Å². The standard InChI is InChI=1S/C40H35N3O4/c1-40(2,3)33-20-17-31(18-21-33)37(44)42-35-22-19-32(30-15-11-27(25-41)12-16-30)24-34(35)38(45)43-36(39(46)47)23-26-9-13-29(14-10-26)28-7-5-4-6-8-28/h4-22,24,36H,23H2,1-3H3,(H,42,44)(H,43,45)(H,46,47)/t36-/m0/s1. The third-order valence-corrected chi connectivity index (χ3v) is 7.98. The molecule has 47 heavy (non-hydrogen) atoms. The molecule has 0 heterocycles. The van der Waals surface area contributed by atoms with Gasteiger partial charge in [0.2, 0.25) is 0 Å². The number of carbonyl (C=O) groups excluding carboxylic acids is 2. The highest BCUT2D eigenvalue weighted by atomic mass is 16.4. The summed E-state index contributed by atoms with van der Waals surface area (Å²) < 4.78 is 0. The maximum Gasteiger partial charge on any atom is 0.326 e. The second-order valence-electron chi connectivity index (χ2n) is 12.4. The highest BCUT2D eigenvalue weighted by Gasteiger charge is 2.24. The molecule has 0 spiro atoms. The first-order chi connectivity index (χ1) is 22.5. The summed E-state index contributed by atoms with van der Waals surface area (Å²) in [6.45, 7) is 6.27. The number of hydrogen-bond acceptors (Lipinski definition) is 4. The molecule has 0 radical (unpaired) electrons. The highest BCUT2D eigenvalue weighted by molar-refractivity contribution is 6.10. The van der Waals surface area contributed by atoms with E-state index in [9.17, 15) is 24.8 Å². The fourth-order valence-corrected chi connectivity index (χ4v) is 5.21. The van der Waals surface area contributed by atoms with Gasteiger partial charge in [0.1, 0.15) is 6.04 Å². The van der Waals surface area contributed by atoms with Crippen LogP contribution in [0.3, 0.4) is 0 Å². The van der Waals surface area contributed by atoms with Crippen LogP contribution < -0.4 is 10.6 Å². The lowest BCUT2D eigenvalue weighted by Crippen LogP contribution is -2.42. The van der Waals surface area contributed by atoms with Gasteiger partial charge in [0.15, 0.2) is 0 Å². The molecule has 0 aromatic heterocycles. The van der Waals surface area contributed by atoms with E-state index in [2.05, 4.69) is 37.5 Å². The minimum Gasteiger partial charge on any atom is -0.480 e. The monoisotopic (exact) mass is 621 g/mol. The van der Waals surface area contributed by atoms with Gasteiger partial charge in [0.05, 0.1) is 22.9 Å². The third kappa shape index (κ3) is 7.99. The van der Waals surface area contributed by atoms with E-state index in [0.29, 0.717) is 16.7 Å². The van der Waals surface area contributed by atoms with Gasteiger partial charge in [-0.3, -0.25) is 9.59 Å². The van der Waals surface area contributed by atoms with Crippen LogP contribution >= 0.6 is 0 Å². The Hall–Kier alpha value is -6.00. The lowest BCUT2D eigenvalue weighted by molar-refractivity contribution is -0.139. The van der Waals surface area contributed by atoms with Crippen molar-refractivity contribution >= 4 is 23.5 Å². The fraction of sp³-hybridized carbons (Fsp3) is 0.150. The van der Waals surface area contributed by atoms with E-state index in [0.717, 1.165) is 27.8 Å². The topological polar surface area (TPSA) is 119 Å². The predicted molar refractivity (Wildman–Crippen MR) is 184 cm³/mol. The number of anilines is 1. The van der Waals surface area contributed by atoms with Crippen molar-refractivity contribution in [3.05, 3.63) is 149 Å². The Morgan fingerprint density at radius 2 is 1.30 bits per heavy atom. The molecule has 0 aliphatic carbocycles. The maximum absolute atomic E-state index is 13.8. The first-order valence-corrected chi connectivity index (χ1v) is 15.3. The highest BCUT2D eigenvalue weighted by Crippen LogP contribution is 2.28. The third-order valence-electron chi connectivity index (χ3n) is 7.98. The lowest BCUT2D eigenvalue weighted by atomic mass is 9.86. The van der Waals surface area contributed by atoms with Crippen LogP contribution in [0.1, 0.15) is 58.2 Å². The summed E-state index contributed by atoms with van der Waals surface area (Å²) in [6.07, 6.45) is 0.0628. The minimum absolute atomic E-state index is 0.0628. The number of amides is 2. The number of carbonyl (C=O) groups is 3. The number of rotatable bonds is 9. The van der Waals surface area contributed by atoms with Gasteiger partial charge >= 0.3 is 5.97 Å². The number of nitriles is 1. The van der Waals surface area contributed by atoms with Crippen molar-refractivity contribution < 1.29 is 19.5 Å². The molecule has 0 saturated carbocycles. The van der Waals surface area contributed by atoms with Gasteiger partial charge in [-0.25, -0.2) is 4.79 Å². The Kier molecular flexibility index (Phi) is 9.63. The van der Waals surface area contributed by atoms with Crippen LogP contribution in [0.5, 0.6) is 0 Å². The normalized spacial score (nSPS) is 11.6. The summed E-state index contributed by atoms with van der Waals surface area (Å²) in [5.74, 6) is -2.23. The zero-order chi connectivity index (χ0) is 33.6. The molecule has 0 saturated heterocycles. The second kappa shape index (κ2) is 14.0. The number of benzene rings is 5. The number of nitrogens with one attached hydrogen (secondary N) is 2. The smallest absolute Gasteiger partial charge is 0.326 e. The van der Waals surface area contributed by atoms with Crippen LogP contribution in [0.4, 0.5) is 5.69 Å². The van der Waals surface area contributed by atoms with Crippen molar-refractivity contribution in [3.8, 4) is 28.3 Å². The molecule has 5 rings (SSSR count). The molecule has 0 aliphatic heterocycles. The van der Waals surface area contributed by atoms with Gasteiger partial charge in [-0.2, -0.15) is 5.26 Å². The van der Waals surface area contributed by atoms with Gasteiger partial charge in [-0.1, -0.05) is 106 Å². The largest absolute Gasteiger partial charge is 0.480 e. The van der Waals surface area contributed by atoms with Crippen molar-refractivity contribution in [3.63, 3.8) is 0 Å². The molecule has 234 valence electrons. The van der Waals surface area contributed by atoms with E-state index in [-0.39, 0.29) is 23.1 Å². The average molecular weight is 622 g/mol. The summed E-state index contributed by atoms with van der Waals surface area (Å²) in [5, 5.41) is 24.8. The Balaban J connectivity index is 1.42. The lowest BCUT2D eigenvalue weighted by Gasteiger charge is -2.19. The van der Waals surface area contributed by atoms with Gasteiger partial charge < -0.3 is 15.7 Å². The first-order valence-electron chi connectivity index (χ1n) is 15.3. The Morgan fingerprint density at radius 3 is 1.89 bits per heavy atom. The minimum atomic E-state index is -1.22. The van der Waals surface area contributed by atoms with Crippen LogP contribution in [0.2, 0.25) is 0 Å². The summed E-state index contributed by atoms with van der Waals surface area (Å²) in [7, 11) is 0. The van der Waals surface area contributed by atoms with Gasteiger partial charge in [-0.15, -0.1) is 0 Å². The van der Waals surface area contributed by atoms with E-state index in [1.165, 1.54) is 0 Å². The molecule has 2 amide bonds. The van der Waals surface area contributed by atoms with E-state index < -0.39 is 23.8 Å². The number of carboxylic acids is 1. The zero-order valence-corrected chi connectivity index (χ0v) is 26.5. The van der Waals surface area contributed by atoms with E-state index >= 15 is 0 Å². The number of carboxylic acid groups (broad SMARTS) is 1. The van der Waals surface area contributed by atoms with Crippen molar-refractivity contribution in [2.75, 3.05) is 5.32 Å². The first kappa shape index (κ1) is 32.4. The fourth-order valence-electron chi connectivity index (χ4n) is 5.21. The molecule has 7 heteroatoms. The van der Waals surface area contributed by atoms with Crippen molar-refractivity contribution in [2.24, 2.45) is 0 Å². The Bertz CT molecular complexity index is 1940. The van der Waals surface area contributed by atoms with Crippen LogP contribution in [-0.2, 0) is 16.6 Å². The predicted octanol–water partition coefficient (Wildman–Crippen LogP) is 7.87. The molecule has 1 atom stereocenters. The summed E-state index contributed by atoms with van der Waals surface area (Å²) in [4.78, 5) is 39.5. The molecular formula is C40H35N3O4. The van der Waals surface area contributed by atoms with Crippen LogP contribution in [0, 0.1) is 11.3 Å². The summed E-state index contributed by atoms with van der Waals surface area (Å²) in [6, 6.07) is 37.4. The molecule has 5 aromatic rings. The van der Waals surface area contributed by atoms with Gasteiger partial charge in [0.25, 0.3) is 11.8 Å². The zero-order valence-electron chi connectivity index (χ0n) is 26.5. The SMILES string of the molecule is CC(C)(C)c1ccc(C(=O)Nc2ccc(-c3ccc(C#N)cc3)cc2C(=O)N[C@@H](Cc2ccc(-c3ccccc3)cc2)C(=O)O)cc1. The molecule has 0 aliphatic rings. The summed E-state index contributed by atoms with van der Waals surface area (Å²) >= 11 is 0. The van der Waals surface area contributed by atoms with E-state index in [1.807, 2.05) is 66.7 Å². The summed E-state index contributed by atoms with van der Waals surface area (Å²) in [5.41, 5.74) is 6.47. The van der Waals surface area contributed by atoms with E-state index in [1.54, 1.807) is 54.6 Å². The van der Waals surface area contributed by atoms with Crippen LogP contribution in [-0.4, -0.2) is 28.9 Å². The maximum atomic E-state index is 13.8. The van der Waals surface area contributed by atoms with E-state index in [4.69, 9.17) is 0 Å². The molecule has 0 fully saturated rings. The van der Waals surface area contributed by atoms with Crippen molar-refractivity contribution in [2.45, 2.75) is 38.6 Å². The molecule has 7 nitrogen and oxygen atoms in total. The molecule has 0 unspecified atom stereocenters. The number of nitrogens with zero attached hydrogens (tertiary/aromatic N) is 1. The van der Waals surface area contributed by atoms with Crippen molar-refractivity contribution in [1.29, 1.82) is 5.26 Å².